The molecule has 0 aromatic rings. The SMILES string of the molecule is C=C(N)OC(C)(C)S.O=C(O)CCC(=O)O. The largest absolute Gasteiger partial charge is 0.481 e. The van der Waals surface area contributed by atoms with Crippen molar-refractivity contribution in [3.05, 3.63) is 12.5 Å². The third-order valence-electron chi connectivity index (χ3n) is 0.934. The van der Waals surface area contributed by atoms with Gasteiger partial charge in [-0.25, -0.2) is 0 Å². The number of ether oxygens (including phenoxy) is 1. The monoisotopic (exact) mass is 251 g/mol. The summed E-state index contributed by atoms with van der Waals surface area (Å²) in [4.78, 5) is 18.8. The first-order chi connectivity index (χ1) is 7.04. The summed E-state index contributed by atoms with van der Waals surface area (Å²) in [6, 6.07) is 0. The molecule has 0 aromatic heterocycles. The molecule has 0 aliphatic carbocycles. The van der Waals surface area contributed by atoms with Crippen LogP contribution in [0, 0.1) is 0 Å². The van der Waals surface area contributed by atoms with Gasteiger partial charge in [-0.05, 0) is 20.4 Å². The zero-order valence-corrected chi connectivity index (χ0v) is 10.2. The van der Waals surface area contributed by atoms with Crippen molar-refractivity contribution in [2.45, 2.75) is 31.6 Å². The first-order valence-corrected chi connectivity index (χ1v) is 4.78. The van der Waals surface area contributed by atoms with Crippen molar-refractivity contribution >= 4 is 24.6 Å². The van der Waals surface area contributed by atoms with E-state index in [0.29, 0.717) is 0 Å². The van der Waals surface area contributed by atoms with Gasteiger partial charge in [0.25, 0.3) is 0 Å². The number of nitrogens with two attached hydrogens (primary N) is 1. The average molecular weight is 251 g/mol. The minimum absolute atomic E-state index is 0.199. The Hall–Kier alpha value is -1.37. The molecule has 0 rings (SSSR count). The van der Waals surface area contributed by atoms with Gasteiger partial charge in [0, 0.05) is 0 Å². The fourth-order valence-corrected chi connectivity index (χ4v) is 0.652. The highest BCUT2D eigenvalue weighted by Gasteiger charge is 2.10. The molecule has 0 bridgehead atoms. The molecule has 0 aliphatic rings. The molecule has 0 aliphatic heterocycles. The Kier molecular flexibility index (Phi) is 8.37. The lowest BCUT2D eigenvalue weighted by molar-refractivity contribution is -0.143. The molecule has 0 saturated heterocycles. The van der Waals surface area contributed by atoms with E-state index >= 15 is 0 Å². The van der Waals surface area contributed by atoms with Crippen LogP contribution in [0.2, 0.25) is 0 Å². The Balaban J connectivity index is 0. The van der Waals surface area contributed by atoms with Crippen molar-refractivity contribution in [3.63, 3.8) is 0 Å². The van der Waals surface area contributed by atoms with Crippen LogP contribution in [-0.4, -0.2) is 27.1 Å². The van der Waals surface area contributed by atoms with E-state index in [1.54, 1.807) is 13.8 Å². The van der Waals surface area contributed by atoms with Crippen LogP contribution in [0.1, 0.15) is 26.7 Å². The Bertz CT molecular complexity index is 245. The highest BCUT2D eigenvalue weighted by atomic mass is 32.1. The number of carboxylic acid groups (broad SMARTS) is 2. The van der Waals surface area contributed by atoms with Crippen molar-refractivity contribution in [2.24, 2.45) is 5.73 Å². The summed E-state index contributed by atoms with van der Waals surface area (Å²) < 4.78 is 4.89. The maximum atomic E-state index is 9.64. The third kappa shape index (κ3) is 22.9. The second kappa shape index (κ2) is 7.86. The van der Waals surface area contributed by atoms with Gasteiger partial charge < -0.3 is 20.7 Å². The van der Waals surface area contributed by atoms with Gasteiger partial charge in [-0.1, -0.05) is 0 Å². The lowest BCUT2D eigenvalue weighted by Gasteiger charge is -2.18. The van der Waals surface area contributed by atoms with E-state index in [0.717, 1.165) is 0 Å². The molecule has 0 radical (unpaired) electrons. The molecule has 94 valence electrons. The molecular weight excluding hydrogens is 234 g/mol. The summed E-state index contributed by atoms with van der Waals surface area (Å²) in [5, 5.41) is 15.8. The van der Waals surface area contributed by atoms with Crippen molar-refractivity contribution in [2.75, 3.05) is 0 Å². The van der Waals surface area contributed by atoms with Gasteiger partial charge in [0.15, 0.2) is 5.88 Å². The van der Waals surface area contributed by atoms with E-state index in [1.807, 2.05) is 0 Å². The van der Waals surface area contributed by atoms with Crippen LogP contribution in [0.5, 0.6) is 0 Å². The Labute approximate surface area is 99.5 Å². The van der Waals surface area contributed by atoms with Crippen LogP contribution < -0.4 is 5.73 Å². The van der Waals surface area contributed by atoms with Crippen LogP contribution in [0.3, 0.4) is 0 Å². The van der Waals surface area contributed by atoms with Crippen molar-refractivity contribution in [1.29, 1.82) is 0 Å². The molecule has 0 atom stereocenters. The van der Waals surface area contributed by atoms with Gasteiger partial charge in [0.05, 0.1) is 12.8 Å². The summed E-state index contributed by atoms with van der Waals surface area (Å²) in [6.07, 6.45) is -0.593. The molecule has 0 spiro atoms. The normalized spacial score (nSPS) is 9.69. The number of carbonyl (C=O) groups is 2. The molecule has 0 amide bonds. The fraction of sp³-hybridized carbons (Fsp3) is 0.556. The van der Waals surface area contributed by atoms with E-state index in [1.165, 1.54) is 0 Å². The third-order valence-corrected chi connectivity index (χ3v) is 1.02. The van der Waals surface area contributed by atoms with E-state index in [2.05, 4.69) is 19.2 Å². The molecule has 0 heterocycles. The molecule has 6 nitrogen and oxygen atoms in total. The van der Waals surface area contributed by atoms with Crippen LogP contribution in [-0.2, 0) is 14.3 Å². The zero-order chi connectivity index (χ0) is 13.4. The molecule has 4 N–H and O–H groups in total. The van der Waals surface area contributed by atoms with Crippen LogP contribution >= 0.6 is 12.6 Å². The first-order valence-electron chi connectivity index (χ1n) is 4.34. The number of aliphatic carboxylic acids is 2. The van der Waals surface area contributed by atoms with Gasteiger partial charge in [0.1, 0.15) is 4.93 Å². The Morgan fingerprint density at radius 2 is 1.62 bits per heavy atom. The summed E-state index contributed by atoms with van der Waals surface area (Å²) in [5.74, 6) is -1.95. The molecule has 7 heteroatoms. The topological polar surface area (TPSA) is 110 Å². The van der Waals surface area contributed by atoms with Crippen molar-refractivity contribution in [3.8, 4) is 0 Å². The van der Waals surface area contributed by atoms with Gasteiger partial charge in [0.2, 0.25) is 0 Å². The van der Waals surface area contributed by atoms with Crippen LogP contribution in [0.4, 0.5) is 0 Å². The number of rotatable bonds is 5. The summed E-state index contributed by atoms with van der Waals surface area (Å²) in [5.41, 5.74) is 5.11. The minimum Gasteiger partial charge on any atom is -0.481 e. The summed E-state index contributed by atoms with van der Waals surface area (Å²) in [7, 11) is 0. The second-order valence-corrected chi connectivity index (χ2v) is 4.38. The molecule has 0 aromatic carbocycles. The quantitative estimate of drug-likeness (QED) is 0.330. The highest BCUT2D eigenvalue weighted by molar-refractivity contribution is 7.81. The van der Waals surface area contributed by atoms with Crippen LogP contribution in [0.15, 0.2) is 12.5 Å². The van der Waals surface area contributed by atoms with Crippen molar-refractivity contribution in [1.82, 2.24) is 0 Å². The van der Waals surface area contributed by atoms with E-state index in [4.69, 9.17) is 20.7 Å². The zero-order valence-electron chi connectivity index (χ0n) is 9.27. The van der Waals surface area contributed by atoms with E-state index in [9.17, 15) is 9.59 Å². The van der Waals surface area contributed by atoms with Crippen LogP contribution in [0.25, 0.3) is 0 Å². The number of thiol groups is 1. The lowest BCUT2D eigenvalue weighted by atomic mass is 10.3. The van der Waals surface area contributed by atoms with Gasteiger partial charge in [-0.3, -0.25) is 9.59 Å². The Morgan fingerprint density at radius 3 is 1.69 bits per heavy atom. The minimum atomic E-state index is -1.08. The molecule has 0 saturated carbocycles. The number of hydrogen-bond acceptors (Lipinski definition) is 5. The summed E-state index contributed by atoms with van der Waals surface area (Å²) in [6.45, 7) is 6.92. The lowest BCUT2D eigenvalue weighted by Crippen LogP contribution is -2.18. The van der Waals surface area contributed by atoms with Gasteiger partial charge in [-0.15, -0.1) is 12.6 Å². The van der Waals surface area contributed by atoms with Gasteiger partial charge >= 0.3 is 11.9 Å². The first kappa shape index (κ1) is 17.0. The predicted molar refractivity (Wildman–Crippen MR) is 62.0 cm³/mol. The fourth-order valence-electron chi connectivity index (χ4n) is 0.535. The highest BCUT2D eigenvalue weighted by Crippen LogP contribution is 2.14. The number of hydrogen-bond donors (Lipinski definition) is 4. The van der Waals surface area contributed by atoms with Crippen molar-refractivity contribution < 1.29 is 24.5 Å². The number of carboxylic acids is 2. The maximum Gasteiger partial charge on any atom is 0.303 e. The van der Waals surface area contributed by atoms with E-state index in [-0.39, 0.29) is 18.7 Å². The molecule has 16 heavy (non-hydrogen) atoms. The Morgan fingerprint density at radius 1 is 1.31 bits per heavy atom. The summed E-state index contributed by atoms with van der Waals surface area (Å²) >= 11 is 4.03. The molecular formula is C9H17NO5S. The van der Waals surface area contributed by atoms with Gasteiger partial charge in [-0.2, -0.15) is 0 Å². The maximum absolute atomic E-state index is 9.64. The second-order valence-electron chi connectivity index (χ2n) is 3.30. The average Bonchev–Trinajstić information content (AvgIpc) is 1.96. The van der Waals surface area contributed by atoms with E-state index < -0.39 is 16.9 Å². The molecule has 0 fully saturated rings. The smallest absolute Gasteiger partial charge is 0.303 e. The standard InChI is InChI=1S/C5H11NOS.C4H6O4/c1-4(6)7-5(2,3)8;5-3(6)1-2-4(7)8/h8H,1,6H2,2-3H3;1-2H2,(H,5,6)(H,7,8). The predicted octanol–water partition coefficient (Wildman–Crippen LogP) is 1.03. The molecule has 0 unspecified atom stereocenters.